The second kappa shape index (κ2) is 11.5. The van der Waals surface area contributed by atoms with Crippen molar-refractivity contribution in [3.8, 4) is 0 Å². The number of alkyl halides is 4. The van der Waals surface area contributed by atoms with Gasteiger partial charge in [-0.15, -0.1) is 0 Å². The maximum absolute atomic E-state index is 14.9. The van der Waals surface area contributed by atoms with Crippen molar-refractivity contribution in [2.75, 3.05) is 62.2 Å². The van der Waals surface area contributed by atoms with Gasteiger partial charge in [-0.2, -0.15) is 18.2 Å². The molecule has 9 nitrogen and oxygen atoms in total. The van der Waals surface area contributed by atoms with Gasteiger partial charge in [0.15, 0.2) is 0 Å². The van der Waals surface area contributed by atoms with Crippen molar-refractivity contribution in [2.45, 2.75) is 38.7 Å². The first kappa shape index (κ1) is 29.7. The summed E-state index contributed by atoms with van der Waals surface area (Å²) in [6.45, 7) is 11.3. The molecule has 4 heterocycles. The lowest BCUT2D eigenvalue weighted by Crippen LogP contribution is -2.60. The number of carbonyl (C=O) groups is 1. The van der Waals surface area contributed by atoms with Crippen molar-refractivity contribution in [3.63, 3.8) is 0 Å². The van der Waals surface area contributed by atoms with Crippen LogP contribution >= 0.6 is 0 Å². The van der Waals surface area contributed by atoms with E-state index in [1.807, 2.05) is 18.7 Å². The molecule has 1 amide bonds. The number of hydrogen-bond acceptors (Lipinski definition) is 7. The Labute approximate surface area is 239 Å². The lowest BCUT2D eigenvalue weighted by atomic mass is 10.1. The number of amides is 1. The molecule has 5 rings (SSSR count). The monoisotopic (exact) mass is 593 g/mol. The molecule has 2 fully saturated rings. The van der Waals surface area contributed by atoms with E-state index in [0.29, 0.717) is 19.2 Å². The molecule has 2 aromatic heterocycles. The maximum Gasteiger partial charge on any atom is 0.431 e. The van der Waals surface area contributed by atoms with Crippen molar-refractivity contribution in [2.24, 2.45) is 0 Å². The standard InChI is InChI=1S/C28H32F5N7O2/c1-4-22(41)37-10-12-38(13-11-37)25-18-14-21(28(31,32)33)40(24-19(29)8-7-9-20(24)30)26(42)23(18)34-27(35-25)39-15-17(16-39)36(5-2)6-3/h4,7-8,14,17,20H,1,5-6,9-13,15-16H2,2-3H3. The SMILES string of the molecule is C=CC(=O)N1CCN(c2nc(N3CC(N(CC)CC)C3)nc3c(=O)n(C4=C(F)C=CCC4F)c(C(F)(F)F)cc23)CC1. The molecule has 0 radical (unpaired) electrons. The molecular weight excluding hydrogens is 561 g/mol. The van der Waals surface area contributed by atoms with Crippen LogP contribution in [-0.2, 0) is 11.0 Å². The molecule has 226 valence electrons. The predicted molar refractivity (Wildman–Crippen MR) is 150 cm³/mol. The summed E-state index contributed by atoms with van der Waals surface area (Å²) in [5, 5.41) is -0.181. The largest absolute Gasteiger partial charge is 0.431 e. The molecule has 2 aromatic rings. The minimum absolute atomic E-state index is 0.0713. The summed E-state index contributed by atoms with van der Waals surface area (Å²) in [5.41, 5.74) is -4.18. The summed E-state index contributed by atoms with van der Waals surface area (Å²) in [7, 11) is 0. The first-order valence-corrected chi connectivity index (χ1v) is 13.9. The molecule has 1 unspecified atom stereocenters. The van der Waals surface area contributed by atoms with Crippen molar-refractivity contribution in [1.29, 1.82) is 0 Å². The Morgan fingerprint density at radius 1 is 1.12 bits per heavy atom. The van der Waals surface area contributed by atoms with Gasteiger partial charge in [-0.1, -0.05) is 26.5 Å². The van der Waals surface area contributed by atoms with Crippen LogP contribution < -0.4 is 15.4 Å². The molecule has 1 atom stereocenters. The Morgan fingerprint density at radius 2 is 1.79 bits per heavy atom. The van der Waals surface area contributed by atoms with Crippen LogP contribution in [0.15, 0.2) is 41.5 Å². The summed E-state index contributed by atoms with van der Waals surface area (Å²) in [5.74, 6) is -1.30. The van der Waals surface area contributed by atoms with E-state index in [2.05, 4.69) is 21.4 Å². The Bertz CT molecular complexity index is 1500. The van der Waals surface area contributed by atoms with Crippen molar-refractivity contribution < 1.29 is 26.7 Å². The summed E-state index contributed by atoms with van der Waals surface area (Å²) >= 11 is 0. The number of pyridine rings is 1. The third-order valence-corrected chi connectivity index (χ3v) is 8.06. The fraction of sp³-hybridized carbons (Fsp3) is 0.500. The highest BCUT2D eigenvalue weighted by molar-refractivity contribution is 5.92. The first-order valence-electron chi connectivity index (χ1n) is 13.9. The second-order valence-electron chi connectivity index (χ2n) is 10.4. The number of hydrogen-bond donors (Lipinski definition) is 0. The van der Waals surface area contributed by atoms with E-state index in [0.717, 1.165) is 25.2 Å². The quantitative estimate of drug-likeness (QED) is 0.359. The molecule has 2 saturated heterocycles. The molecule has 3 aliphatic rings. The molecule has 1 aliphatic carbocycles. The minimum atomic E-state index is -5.12. The van der Waals surface area contributed by atoms with Crippen LogP contribution in [0, 0.1) is 0 Å². The smallest absolute Gasteiger partial charge is 0.352 e. The van der Waals surface area contributed by atoms with Gasteiger partial charge in [0.1, 0.15) is 29.0 Å². The van der Waals surface area contributed by atoms with Gasteiger partial charge in [0, 0.05) is 51.7 Å². The van der Waals surface area contributed by atoms with Crippen LogP contribution in [0.2, 0.25) is 0 Å². The topological polar surface area (TPSA) is 77.8 Å². The van der Waals surface area contributed by atoms with E-state index in [4.69, 9.17) is 0 Å². The van der Waals surface area contributed by atoms with Crippen LogP contribution in [-0.4, -0.2) is 94.8 Å². The molecule has 2 aliphatic heterocycles. The number of allylic oxidation sites excluding steroid dienone is 4. The fourth-order valence-electron chi connectivity index (χ4n) is 5.73. The molecule has 14 heteroatoms. The third kappa shape index (κ3) is 5.27. The average Bonchev–Trinajstić information content (AvgIpc) is 2.94. The van der Waals surface area contributed by atoms with Gasteiger partial charge in [-0.25, -0.2) is 13.8 Å². The van der Waals surface area contributed by atoms with E-state index in [9.17, 15) is 31.5 Å². The molecule has 0 spiro atoms. The number of piperazine rings is 1. The lowest BCUT2D eigenvalue weighted by Gasteiger charge is -2.45. The summed E-state index contributed by atoms with van der Waals surface area (Å²) in [6.07, 6.45) is -4.45. The fourth-order valence-corrected chi connectivity index (χ4v) is 5.73. The van der Waals surface area contributed by atoms with Crippen LogP contribution in [0.5, 0.6) is 0 Å². The lowest BCUT2D eigenvalue weighted by molar-refractivity contribution is -0.142. The number of rotatable bonds is 7. The van der Waals surface area contributed by atoms with Crippen LogP contribution in [0.25, 0.3) is 16.6 Å². The highest BCUT2D eigenvalue weighted by Gasteiger charge is 2.40. The Balaban J connectivity index is 1.68. The molecule has 0 aromatic carbocycles. The second-order valence-corrected chi connectivity index (χ2v) is 10.4. The maximum atomic E-state index is 14.9. The van der Waals surface area contributed by atoms with Gasteiger partial charge in [-0.05, 0) is 31.3 Å². The van der Waals surface area contributed by atoms with Gasteiger partial charge in [0.25, 0.3) is 5.56 Å². The Morgan fingerprint density at radius 3 is 2.36 bits per heavy atom. The number of halogens is 5. The summed E-state index contributed by atoms with van der Waals surface area (Å²) < 4.78 is 73.0. The minimum Gasteiger partial charge on any atom is -0.352 e. The molecular formula is C28H32F5N7O2. The van der Waals surface area contributed by atoms with Gasteiger partial charge in [-0.3, -0.25) is 19.1 Å². The number of likely N-dealkylation sites (N-methyl/N-ethyl adjacent to an activating group) is 1. The first-order chi connectivity index (χ1) is 20.0. The van der Waals surface area contributed by atoms with Gasteiger partial charge < -0.3 is 14.7 Å². The zero-order valence-corrected chi connectivity index (χ0v) is 23.4. The number of fused-ring (bicyclic) bond motifs is 1. The Hall–Kier alpha value is -3.81. The van der Waals surface area contributed by atoms with E-state index in [1.54, 1.807) is 9.80 Å². The van der Waals surface area contributed by atoms with Gasteiger partial charge >= 0.3 is 6.18 Å². The van der Waals surface area contributed by atoms with Gasteiger partial charge in [0.2, 0.25) is 11.9 Å². The van der Waals surface area contributed by atoms with E-state index < -0.39 is 35.1 Å². The highest BCUT2D eigenvalue weighted by atomic mass is 19.4. The van der Waals surface area contributed by atoms with Crippen LogP contribution in [0.4, 0.5) is 33.7 Å². The molecule has 42 heavy (non-hydrogen) atoms. The average molecular weight is 594 g/mol. The zero-order chi connectivity index (χ0) is 30.3. The highest BCUT2D eigenvalue weighted by Crippen LogP contribution is 2.38. The third-order valence-electron chi connectivity index (χ3n) is 8.06. The Kier molecular flexibility index (Phi) is 8.10. The van der Waals surface area contributed by atoms with Crippen LogP contribution in [0.3, 0.4) is 0 Å². The molecule has 0 saturated carbocycles. The van der Waals surface area contributed by atoms with Crippen molar-refractivity contribution in [1.82, 2.24) is 24.3 Å². The number of aromatic nitrogens is 3. The van der Waals surface area contributed by atoms with Crippen molar-refractivity contribution >= 4 is 34.3 Å². The predicted octanol–water partition coefficient (Wildman–Crippen LogP) is 3.61. The number of carbonyl (C=O) groups excluding carboxylic acids is 1. The summed E-state index contributed by atoms with van der Waals surface area (Å²) in [6, 6.07) is 0.901. The van der Waals surface area contributed by atoms with E-state index in [-0.39, 0.29) is 71.8 Å². The van der Waals surface area contributed by atoms with Gasteiger partial charge in [0.05, 0.1) is 11.1 Å². The van der Waals surface area contributed by atoms with Crippen molar-refractivity contribution in [3.05, 3.63) is 52.7 Å². The normalized spacial score (nSPS) is 20.1. The molecule has 0 bridgehead atoms. The zero-order valence-electron chi connectivity index (χ0n) is 23.4. The number of nitrogens with zero attached hydrogens (tertiary/aromatic N) is 7. The molecule has 0 N–H and O–H groups in total. The number of anilines is 2. The van der Waals surface area contributed by atoms with E-state index >= 15 is 0 Å². The van der Waals surface area contributed by atoms with Crippen LogP contribution in [0.1, 0.15) is 26.0 Å². The van der Waals surface area contributed by atoms with E-state index in [1.165, 1.54) is 6.08 Å². The summed E-state index contributed by atoms with van der Waals surface area (Å²) in [4.78, 5) is 42.3.